The van der Waals surface area contributed by atoms with E-state index in [1.54, 1.807) is 0 Å². The fourth-order valence-electron chi connectivity index (χ4n) is 1.53. The summed E-state index contributed by atoms with van der Waals surface area (Å²) >= 11 is 0. The van der Waals surface area contributed by atoms with E-state index in [9.17, 15) is 9.59 Å². The minimum Gasteiger partial charge on any atom is -0.822 e. The predicted octanol–water partition coefficient (Wildman–Crippen LogP) is -3.48. The van der Waals surface area contributed by atoms with Crippen LogP contribution in [0.2, 0.25) is 0 Å². The standard InChI is InChI=1S/C6H14N2O2.C5H9NO2.Cu.H3O4P/c7-4-2-1-3-5(8)6(9)10;7-5(8)4-2-1-3-6-4;;1-5(2,3)4/h5H,1-4,7-8H2,(H,9,10);4,6H,1-3H2,(H,7,8);;(H3,1,2,3,4)/p-3/t5-;4-;;/m00../s1. The summed E-state index contributed by atoms with van der Waals surface area (Å²) in [5, 5.41) is 19.5. The Morgan fingerprint density at radius 1 is 1.25 bits per heavy atom. The van der Waals surface area contributed by atoms with E-state index < -0.39 is 25.8 Å². The molecule has 1 radical (unpaired) electrons. The van der Waals surface area contributed by atoms with Crippen molar-refractivity contribution in [3.8, 4) is 0 Å². The number of rotatable bonds is 6. The average Bonchev–Trinajstić information content (AvgIpc) is 2.91. The quantitative estimate of drug-likeness (QED) is 0.161. The Hall–Kier alpha value is -0.551. The molecular formula is C11H23CuN3O8P-3. The number of hydrogen-bond donors (Lipinski definition) is 5. The van der Waals surface area contributed by atoms with E-state index in [2.05, 4.69) is 5.32 Å². The predicted molar refractivity (Wildman–Crippen MR) is 74.8 cm³/mol. The van der Waals surface area contributed by atoms with Crippen molar-refractivity contribution >= 4 is 19.8 Å². The molecule has 0 aromatic heterocycles. The molecule has 7 N–H and O–H groups in total. The second kappa shape index (κ2) is 15.9. The first kappa shape index (κ1) is 28.3. The molecule has 0 spiro atoms. The van der Waals surface area contributed by atoms with Crippen molar-refractivity contribution in [3.05, 3.63) is 0 Å². The zero-order chi connectivity index (χ0) is 18.5. The molecule has 13 heteroatoms. The van der Waals surface area contributed by atoms with E-state index >= 15 is 0 Å². The number of unbranched alkanes of at least 4 members (excludes halogenated alkanes) is 1. The Morgan fingerprint density at radius 3 is 2.00 bits per heavy atom. The molecule has 0 unspecified atom stereocenters. The van der Waals surface area contributed by atoms with Crippen LogP contribution in [0.15, 0.2) is 0 Å². The molecule has 1 aliphatic rings. The average molecular weight is 420 g/mol. The molecule has 0 bridgehead atoms. The van der Waals surface area contributed by atoms with Crippen molar-refractivity contribution in [1.82, 2.24) is 5.32 Å². The van der Waals surface area contributed by atoms with Crippen LogP contribution in [0, 0.1) is 0 Å². The first-order valence-electron chi connectivity index (χ1n) is 6.86. The summed E-state index contributed by atoms with van der Waals surface area (Å²) in [6.07, 6.45) is 3.95. The number of nitrogens with two attached hydrogens (primary N) is 2. The Balaban J connectivity index is -0.000000284. The van der Waals surface area contributed by atoms with Crippen molar-refractivity contribution in [2.24, 2.45) is 11.5 Å². The van der Waals surface area contributed by atoms with E-state index in [0.29, 0.717) is 13.0 Å². The summed E-state index contributed by atoms with van der Waals surface area (Å²) in [5.74, 6) is -1.65. The number of phosphoric acid groups is 1. The summed E-state index contributed by atoms with van der Waals surface area (Å²) in [5.41, 5.74) is 10.4. The van der Waals surface area contributed by atoms with Crippen LogP contribution in [-0.2, 0) is 31.2 Å². The summed E-state index contributed by atoms with van der Waals surface area (Å²) in [4.78, 5) is 45.9. The van der Waals surface area contributed by atoms with E-state index in [1.165, 1.54) is 0 Å². The topological polar surface area (TPSA) is 225 Å². The van der Waals surface area contributed by atoms with E-state index in [-0.39, 0.29) is 23.1 Å². The van der Waals surface area contributed by atoms with Gasteiger partial charge in [0.2, 0.25) is 0 Å². The van der Waals surface area contributed by atoms with Crippen LogP contribution in [0.25, 0.3) is 0 Å². The van der Waals surface area contributed by atoms with Gasteiger partial charge in [0.15, 0.2) is 0 Å². The van der Waals surface area contributed by atoms with Gasteiger partial charge in [0.05, 0.1) is 0 Å². The van der Waals surface area contributed by atoms with Crippen molar-refractivity contribution in [2.45, 2.75) is 44.2 Å². The molecule has 0 aromatic rings. The second-order valence-corrected chi connectivity index (χ2v) is 5.56. The summed E-state index contributed by atoms with van der Waals surface area (Å²) in [6.45, 7) is 1.46. The zero-order valence-electron chi connectivity index (χ0n) is 12.9. The summed E-state index contributed by atoms with van der Waals surface area (Å²) in [6, 6.07) is -0.985. The Morgan fingerprint density at radius 2 is 1.75 bits per heavy atom. The molecule has 0 saturated carbocycles. The largest absolute Gasteiger partial charge is 0.822 e. The molecule has 149 valence electrons. The molecule has 0 amide bonds. The van der Waals surface area contributed by atoms with Gasteiger partial charge in [-0.15, -0.1) is 0 Å². The van der Waals surface area contributed by atoms with Crippen LogP contribution in [0.5, 0.6) is 0 Å². The van der Waals surface area contributed by atoms with Crippen LogP contribution >= 0.6 is 7.82 Å². The van der Waals surface area contributed by atoms with Crippen molar-refractivity contribution in [3.63, 3.8) is 0 Å². The van der Waals surface area contributed by atoms with Crippen LogP contribution in [0.1, 0.15) is 32.1 Å². The number of hydrogen-bond acceptors (Lipinski definition) is 9. The van der Waals surface area contributed by atoms with Gasteiger partial charge in [-0.1, -0.05) is 6.42 Å². The SMILES string of the molecule is NCCCC[C@H](N)C(=O)O.O=C(O)[C@@H]1CCCN1.O=P([O-])([O-])[O-].[Cu]. The molecule has 2 atom stereocenters. The number of carboxylic acids is 2. The molecule has 1 aliphatic heterocycles. The van der Waals surface area contributed by atoms with Crippen LogP contribution < -0.4 is 31.5 Å². The van der Waals surface area contributed by atoms with Gasteiger partial charge in [-0.3, -0.25) is 9.59 Å². The van der Waals surface area contributed by atoms with E-state index in [0.717, 1.165) is 32.2 Å². The van der Waals surface area contributed by atoms with Gasteiger partial charge < -0.3 is 46.2 Å². The molecule has 0 aromatic carbocycles. The van der Waals surface area contributed by atoms with Gasteiger partial charge in [-0.25, -0.2) is 0 Å². The van der Waals surface area contributed by atoms with E-state index in [1.807, 2.05) is 0 Å². The molecule has 1 fully saturated rings. The number of carbonyl (C=O) groups is 2. The Kier molecular flexibility index (Phi) is 18.8. The molecule has 24 heavy (non-hydrogen) atoms. The summed E-state index contributed by atoms with van der Waals surface area (Å²) < 4.78 is 8.55. The fraction of sp³-hybridized carbons (Fsp3) is 0.818. The minimum atomic E-state index is -5.39. The molecule has 1 heterocycles. The first-order valence-corrected chi connectivity index (χ1v) is 8.32. The molecule has 11 nitrogen and oxygen atoms in total. The van der Waals surface area contributed by atoms with Crippen LogP contribution in [0.4, 0.5) is 0 Å². The van der Waals surface area contributed by atoms with Gasteiger partial charge in [0, 0.05) is 17.1 Å². The Bertz CT molecular complexity index is 381. The van der Waals surface area contributed by atoms with Gasteiger partial charge in [0.1, 0.15) is 12.1 Å². The Labute approximate surface area is 150 Å². The molecule has 1 saturated heterocycles. The normalized spacial score (nSPS) is 17.3. The van der Waals surface area contributed by atoms with Crippen LogP contribution in [0.3, 0.4) is 0 Å². The number of nitrogens with one attached hydrogen (secondary N) is 1. The van der Waals surface area contributed by atoms with Gasteiger partial charge in [-0.05, 0) is 38.8 Å². The maximum Gasteiger partial charge on any atom is 0.320 e. The second-order valence-electron chi connectivity index (χ2n) is 4.66. The summed E-state index contributed by atoms with van der Waals surface area (Å²) in [7, 11) is -5.39. The number of aliphatic carboxylic acids is 2. The van der Waals surface area contributed by atoms with Crippen molar-refractivity contribution < 1.29 is 56.1 Å². The van der Waals surface area contributed by atoms with Gasteiger partial charge in [0.25, 0.3) is 0 Å². The van der Waals surface area contributed by atoms with E-state index in [4.69, 9.17) is 40.9 Å². The molecular weight excluding hydrogens is 397 g/mol. The van der Waals surface area contributed by atoms with Crippen LogP contribution in [-0.4, -0.2) is 47.3 Å². The maximum atomic E-state index is 10.1. The van der Waals surface area contributed by atoms with Gasteiger partial charge >= 0.3 is 11.9 Å². The minimum absolute atomic E-state index is 0. The maximum absolute atomic E-state index is 10.1. The third-order valence-corrected chi connectivity index (χ3v) is 2.64. The fourth-order valence-corrected chi connectivity index (χ4v) is 1.53. The molecule has 1 rings (SSSR count). The third kappa shape index (κ3) is 23.7. The van der Waals surface area contributed by atoms with Gasteiger partial charge in [-0.2, -0.15) is 7.82 Å². The van der Waals surface area contributed by atoms with Crippen molar-refractivity contribution in [2.75, 3.05) is 13.1 Å². The molecule has 0 aliphatic carbocycles. The van der Waals surface area contributed by atoms with Crippen molar-refractivity contribution in [1.29, 1.82) is 0 Å². The monoisotopic (exact) mass is 419 g/mol. The first-order chi connectivity index (χ1) is 10.5. The third-order valence-electron chi connectivity index (χ3n) is 2.64. The number of carboxylic acid groups (broad SMARTS) is 2. The smallest absolute Gasteiger partial charge is 0.320 e. The zero-order valence-corrected chi connectivity index (χ0v) is 14.7.